The number of piperidine rings is 1. The molecule has 31 heavy (non-hydrogen) atoms. The minimum absolute atomic E-state index is 0.0115. The summed E-state index contributed by atoms with van der Waals surface area (Å²) >= 11 is 0. The topological polar surface area (TPSA) is 109 Å². The van der Waals surface area contributed by atoms with Gasteiger partial charge in [0, 0.05) is 32.1 Å². The molecule has 9 nitrogen and oxygen atoms in total. The molecule has 1 aromatic carbocycles. The minimum Gasteiger partial charge on any atom is -0.482 e. The van der Waals surface area contributed by atoms with Crippen LogP contribution in [0.25, 0.3) is 0 Å². The normalized spacial score (nSPS) is 17.5. The summed E-state index contributed by atoms with van der Waals surface area (Å²) in [5.74, 6) is 0.536. The van der Waals surface area contributed by atoms with Gasteiger partial charge in [-0.1, -0.05) is 0 Å². The number of amides is 2. The molecule has 0 unspecified atom stereocenters. The summed E-state index contributed by atoms with van der Waals surface area (Å²) in [5.41, 5.74) is 0.998. The number of anilines is 1. The van der Waals surface area contributed by atoms with Gasteiger partial charge in [0.05, 0.1) is 23.4 Å². The number of nitrogens with zero attached hydrogens (tertiary/aromatic N) is 2. The van der Waals surface area contributed by atoms with Gasteiger partial charge >= 0.3 is 0 Å². The van der Waals surface area contributed by atoms with Gasteiger partial charge in [-0.05, 0) is 43.5 Å². The molecule has 0 aliphatic carbocycles. The van der Waals surface area contributed by atoms with Crippen LogP contribution >= 0.6 is 0 Å². The molecule has 0 radical (unpaired) electrons. The van der Waals surface area contributed by atoms with Crippen LogP contribution in [0.1, 0.15) is 24.2 Å². The van der Waals surface area contributed by atoms with Crippen molar-refractivity contribution in [2.45, 2.75) is 31.2 Å². The Balaban J connectivity index is 1.43. The van der Waals surface area contributed by atoms with Gasteiger partial charge in [0.2, 0.25) is 15.9 Å². The van der Waals surface area contributed by atoms with E-state index in [2.05, 4.69) is 5.32 Å². The van der Waals surface area contributed by atoms with Crippen LogP contribution in [0.5, 0.6) is 5.75 Å². The van der Waals surface area contributed by atoms with Gasteiger partial charge in [-0.2, -0.15) is 4.31 Å². The minimum atomic E-state index is -3.75. The molecule has 3 heterocycles. The van der Waals surface area contributed by atoms with E-state index in [9.17, 15) is 18.0 Å². The zero-order valence-corrected chi connectivity index (χ0v) is 18.3. The molecule has 4 rings (SSSR count). The molecule has 166 valence electrons. The molecule has 0 bridgehead atoms. The van der Waals surface area contributed by atoms with E-state index in [4.69, 9.17) is 9.15 Å². The summed E-state index contributed by atoms with van der Waals surface area (Å²) in [5, 5.41) is 2.68. The molecule has 0 saturated carbocycles. The van der Waals surface area contributed by atoms with E-state index in [0.29, 0.717) is 42.1 Å². The highest BCUT2D eigenvalue weighted by Crippen LogP contribution is 2.35. The van der Waals surface area contributed by atoms with Gasteiger partial charge in [-0.15, -0.1) is 0 Å². The Morgan fingerprint density at radius 3 is 2.71 bits per heavy atom. The number of benzene rings is 1. The van der Waals surface area contributed by atoms with Crippen molar-refractivity contribution in [2.75, 3.05) is 32.1 Å². The molecule has 2 aromatic rings. The molecule has 1 aromatic heterocycles. The molecular formula is C21H25N3O6S. The zero-order valence-electron chi connectivity index (χ0n) is 17.5. The van der Waals surface area contributed by atoms with Crippen LogP contribution in [0.15, 0.2) is 39.8 Å². The lowest BCUT2D eigenvalue weighted by Crippen LogP contribution is -2.43. The van der Waals surface area contributed by atoms with Crippen molar-refractivity contribution in [3.8, 4) is 5.75 Å². The Bertz CT molecular complexity index is 1090. The standard InChI is InChI=1S/C21H25N3O6S/c1-14-10-17-18(30-13-20(25)22-17)11-19(14)31(27,28)24-7-5-15(6-8-24)21(26)23(2)12-16-4-3-9-29-16/h3-4,9-11,15H,5-8,12-13H2,1-2H3,(H,22,25). The lowest BCUT2D eigenvalue weighted by Gasteiger charge is -2.33. The van der Waals surface area contributed by atoms with Crippen LogP contribution < -0.4 is 10.1 Å². The predicted octanol–water partition coefficient (Wildman–Crippen LogP) is 1.98. The zero-order chi connectivity index (χ0) is 22.2. The van der Waals surface area contributed by atoms with E-state index in [0.717, 1.165) is 0 Å². The first-order valence-electron chi connectivity index (χ1n) is 10.1. The summed E-state index contributed by atoms with van der Waals surface area (Å²) < 4.78 is 38.6. The van der Waals surface area contributed by atoms with E-state index in [1.807, 2.05) is 6.07 Å². The Labute approximate surface area is 181 Å². The average Bonchev–Trinajstić information content (AvgIpc) is 3.25. The average molecular weight is 448 g/mol. The quantitative estimate of drug-likeness (QED) is 0.751. The van der Waals surface area contributed by atoms with Gasteiger partial charge in [0.1, 0.15) is 11.5 Å². The Morgan fingerprint density at radius 1 is 1.29 bits per heavy atom. The summed E-state index contributed by atoms with van der Waals surface area (Å²) in [7, 11) is -2.02. The number of carbonyl (C=O) groups excluding carboxylic acids is 2. The highest BCUT2D eigenvalue weighted by atomic mass is 32.2. The first-order chi connectivity index (χ1) is 14.8. The number of sulfonamides is 1. The fraction of sp³-hybridized carbons (Fsp3) is 0.429. The molecule has 0 atom stereocenters. The molecular weight excluding hydrogens is 422 g/mol. The largest absolute Gasteiger partial charge is 0.482 e. The maximum absolute atomic E-state index is 13.3. The molecule has 2 aliphatic rings. The summed E-state index contributed by atoms with van der Waals surface area (Å²) in [6.07, 6.45) is 2.48. The molecule has 1 fully saturated rings. The maximum atomic E-state index is 13.3. The first-order valence-corrected chi connectivity index (χ1v) is 11.5. The van der Waals surface area contributed by atoms with Crippen molar-refractivity contribution < 1.29 is 27.2 Å². The van der Waals surface area contributed by atoms with Crippen molar-refractivity contribution in [2.24, 2.45) is 5.92 Å². The lowest BCUT2D eigenvalue weighted by atomic mass is 9.96. The number of hydrogen-bond acceptors (Lipinski definition) is 6. The SMILES string of the molecule is Cc1cc2c(cc1S(=O)(=O)N1CCC(C(=O)N(C)Cc3ccco3)CC1)OCC(=O)N2. The Kier molecular flexibility index (Phi) is 5.76. The number of ether oxygens (including phenoxy) is 1. The van der Waals surface area contributed by atoms with Crippen molar-refractivity contribution in [1.82, 2.24) is 9.21 Å². The monoisotopic (exact) mass is 447 g/mol. The van der Waals surface area contributed by atoms with Crippen LogP contribution in [-0.4, -0.2) is 56.2 Å². The number of carbonyl (C=O) groups is 2. The third-order valence-corrected chi connectivity index (χ3v) is 7.72. The molecule has 2 amide bonds. The number of fused-ring (bicyclic) bond motifs is 1. The summed E-state index contributed by atoms with van der Waals surface area (Å²) in [6.45, 7) is 2.46. The van der Waals surface area contributed by atoms with Gasteiger partial charge < -0.3 is 19.4 Å². The van der Waals surface area contributed by atoms with Gasteiger partial charge in [-0.25, -0.2) is 8.42 Å². The number of nitrogens with one attached hydrogen (secondary N) is 1. The Morgan fingerprint density at radius 2 is 2.03 bits per heavy atom. The first kappa shape index (κ1) is 21.4. The molecule has 2 aliphatic heterocycles. The highest BCUT2D eigenvalue weighted by Gasteiger charge is 2.35. The second kappa shape index (κ2) is 8.35. The second-order valence-corrected chi connectivity index (χ2v) is 9.81. The lowest BCUT2D eigenvalue weighted by molar-refractivity contribution is -0.136. The third kappa shape index (κ3) is 4.31. The van der Waals surface area contributed by atoms with Crippen molar-refractivity contribution in [1.29, 1.82) is 0 Å². The number of rotatable bonds is 5. The molecule has 0 spiro atoms. The number of hydrogen-bond donors (Lipinski definition) is 1. The fourth-order valence-electron chi connectivity index (χ4n) is 4.00. The van der Waals surface area contributed by atoms with E-state index in [1.54, 1.807) is 37.3 Å². The Hall–Kier alpha value is -2.85. The van der Waals surface area contributed by atoms with Crippen LogP contribution in [-0.2, 0) is 26.2 Å². The van der Waals surface area contributed by atoms with Crippen LogP contribution in [0.4, 0.5) is 5.69 Å². The van der Waals surface area contributed by atoms with Crippen molar-refractivity contribution in [3.63, 3.8) is 0 Å². The highest BCUT2D eigenvalue weighted by molar-refractivity contribution is 7.89. The van der Waals surface area contributed by atoms with Gasteiger partial charge in [0.25, 0.3) is 5.91 Å². The maximum Gasteiger partial charge on any atom is 0.262 e. The van der Waals surface area contributed by atoms with Crippen LogP contribution in [0.3, 0.4) is 0 Å². The molecule has 1 N–H and O–H groups in total. The van der Waals surface area contributed by atoms with Crippen LogP contribution in [0, 0.1) is 12.8 Å². The van der Waals surface area contributed by atoms with Crippen LogP contribution in [0.2, 0.25) is 0 Å². The van der Waals surface area contributed by atoms with E-state index in [-0.39, 0.29) is 42.3 Å². The molecule has 10 heteroatoms. The number of aryl methyl sites for hydroxylation is 1. The van der Waals surface area contributed by atoms with E-state index >= 15 is 0 Å². The third-order valence-electron chi connectivity index (χ3n) is 5.68. The van der Waals surface area contributed by atoms with Crippen molar-refractivity contribution >= 4 is 27.5 Å². The summed E-state index contributed by atoms with van der Waals surface area (Å²) in [6, 6.07) is 6.67. The fourth-order valence-corrected chi connectivity index (χ4v) is 5.69. The number of furan rings is 1. The molecule has 1 saturated heterocycles. The van der Waals surface area contributed by atoms with Gasteiger partial charge in [-0.3, -0.25) is 9.59 Å². The van der Waals surface area contributed by atoms with E-state index < -0.39 is 10.0 Å². The van der Waals surface area contributed by atoms with Gasteiger partial charge in [0.15, 0.2) is 6.61 Å². The van der Waals surface area contributed by atoms with E-state index in [1.165, 1.54) is 10.4 Å². The second-order valence-electron chi connectivity index (χ2n) is 7.90. The van der Waals surface area contributed by atoms with Crippen molar-refractivity contribution in [3.05, 3.63) is 41.9 Å². The predicted molar refractivity (Wildman–Crippen MR) is 112 cm³/mol. The smallest absolute Gasteiger partial charge is 0.262 e. The summed E-state index contributed by atoms with van der Waals surface area (Å²) in [4.78, 5) is 26.0.